The van der Waals surface area contributed by atoms with Gasteiger partial charge < -0.3 is 15.1 Å². The molecule has 2 aromatic heterocycles. The highest BCUT2D eigenvalue weighted by Crippen LogP contribution is 2.23. The smallest absolute Gasteiger partial charge is 0.230 e. The normalized spacial score (nSPS) is 18.4. The molecule has 0 spiro atoms. The van der Waals surface area contributed by atoms with E-state index in [0.29, 0.717) is 0 Å². The molecule has 1 N–H and O–H groups in total. The molecule has 0 unspecified atom stereocenters. The predicted octanol–water partition coefficient (Wildman–Crippen LogP) is 1.64. The third-order valence-electron chi connectivity index (χ3n) is 4.82. The number of nitrogens with zero attached hydrogens (tertiary/aromatic N) is 6. The van der Waals surface area contributed by atoms with E-state index in [2.05, 4.69) is 20.1 Å². The van der Waals surface area contributed by atoms with Gasteiger partial charge >= 0.3 is 0 Å². The van der Waals surface area contributed by atoms with Gasteiger partial charge in [0.15, 0.2) is 5.82 Å². The van der Waals surface area contributed by atoms with Crippen LogP contribution in [0.4, 0.5) is 11.9 Å². The van der Waals surface area contributed by atoms with E-state index in [9.17, 15) is 0 Å². The van der Waals surface area contributed by atoms with Crippen molar-refractivity contribution in [1.82, 2.24) is 25.3 Å². The summed E-state index contributed by atoms with van der Waals surface area (Å²) in [6.07, 6.45) is 5.55. The van der Waals surface area contributed by atoms with Crippen LogP contribution in [0.2, 0.25) is 0 Å². The van der Waals surface area contributed by atoms with Crippen LogP contribution in [0.15, 0.2) is 18.3 Å². The molecule has 25 heavy (non-hydrogen) atoms. The Bertz CT molecular complexity index is 668. The molecule has 0 atom stereocenters. The van der Waals surface area contributed by atoms with Crippen molar-refractivity contribution in [2.45, 2.75) is 26.2 Å². The Morgan fingerprint density at radius 1 is 0.840 bits per heavy atom. The molecule has 2 fully saturated rings. The molecule has 2 aromatic rings. The van der Waals surface area contributed by atoms with Crippen LogP contribution in [0, 0.1) is 6.92 Å². The van der Waals surface area contributed by atoms with E-state index in [1.165, 1.54) is 19.3 Å². The van der Waals surface area contributed by atoms with Gasteiger partial charge in [-0.2, -0.15) is 15.0 Å². The molecule has 132 valence electrons. The summed E-state index contributed by atoms with van der Waals surface area (Å²) < 4.78 is 0. The molecule has 0 aliphatic carbocycles. The Kier molecular flexibility index (Phi) is 4.74. The van der Waals surface area contributed by atoms with E-state index in [0.717, 1.165) is 68.2 Å². The van der Waals surface area contributed by atoms with Crippen LogP contribution in [0.5, 0.6) is 0 Å². The molecule has 7 nitrogen and oxygen atoms in total. The zero-order valence-electron chi connectivity index (χ0n) is 14.8. The van der Waals surface area contributed by atoms with Gasteiger partial charge in [-0.25, -0.2) is 0 Å². The van der Waals surface area contributed by atoms with Crippen molar-refractivity contribution in [2.75, 3.05) is 49.1 Å². The van der Waals surface area contributed by atoms with Gasteiger partial charge in [-0.15, -0.1) is 0 Å². The lowest BCUT2D eigenvalue weighted by atomic mass is 10.1. The van der Waals surface area contributed by atoms with Crippen LogP contribution in [0.1, 0.15) is 25.0 Å². The number of hydrogen-bond donors (Lipinski definition) is 1. The van der Waals surface area contributed by atoms with Crippen LogP contribution in [0.3, 0.4) is 0 Å². The second-order valence-electron chi connectivity index (χ2n) is 6.73. The van der Waals surface area contributed by atoms with E-state index < -0.39 is 0 Å². The van der Waals surface area contributed by atoms with Crippen molar-refractivity contribution in [3.05, 3.63) is 24.0 Å². The minimum absolute atomic E-state index is 0.719. The number of hydrogen-bond acceptors (Lipinski definition) is 7. The first-order valence-corrected chi connectivity index (χ1v) is 9.19. The number of aryl methyl sites for hydroxylation is 1. The lowest BCUT2D eigenvalue weighted by molar-refractivity contribution is 0.561. The summed E-state index contributed by atoms with van der Waals surface area (Å²) in [5.74, 6) is 2.31. The molecule has 0 saturated carbocycles. The SMILES string of the molecule is Cc1ccc(-c2nc(N3CCCCC3)nc(N3CCNCC3)n2)cn1. The lowest BCUT2D eigenvalue weighted by Gasteiger charge is -2.30. The Morgan fingerprint density at radius 2 is 1.52 bits per heavy atom. The van der Waals surface area contributed by atoms with Crippen molar-refractivity contribution in [2.24, 2.45) is 0 Å². The van der Waals surface area contributed by atoms with Crippen LogP contribution in [-0.2, 0) is 0 Å². The second kappa shape index (κ2) is 7.31. The molecule has 0 aromatic carbocycles. The highest BCUT2D eigenvalue weighted by molar-refractivity contribution is 5.58. The molecular weight excluding hydrogens is 314 g/mol. The molecular formula is C18H25N7. The maximum absolute atomic E-state index is 4.81. The van der Waals surface area contributed by atoms with Crippen LogP contribution >= 0.6 is 0 Å². The topological polar surface area (TPSA) is 70.1 Å². The van der Waals surface area contributed by atoms with Crippen molar-refractivity contribution in [3.8, 4) is 11.4 Å². The summed E-state index contributed by atoms with van der Waals surface area (Å²) in [7, 11) is 0. The molecule has 2 aliphatic heterocycles. The summed E-state index contributed by atoms with van der Waals surface area (Å²) in [4.78, 5) is 23.3. The zero-order chi connectivity index (χ0) is 17.1. The summed E-state index contributed by atoms with van der Waals surface area (Å²) in [6, 6.07) is 4.05. The molecule has 0 amide bonds. The number of pyridine rings is 1. The summed E-state index contributed by atoms with van der Waals surface area (Å²) in [6.45, 7) is 7.82. The van der Waals surface area contributed by atoms with Crippen molar-refractivity contribution in [1.29, 1.82) is 0 Å². The Hall–Kier alpha value is -2.28. The largest absolute Gasteiger partial charge is 0.341 e. The molecule has 0 bridgehead atoms. The fraction of sp³-hybridized carbons (Fsp3) is 0.556. The number of nitrogens with one attached hydrogen (secondary N) is 1. The van der Waals surface area contributed by atoms with Gasteiger partial charge in [0.05, 0.1) is 0 Å². The number of piperazine rings is 1. The maximum Gasteiger partial charge on any atom is 0.230 e. The van der Waals surface area contributed by atoms with E-state index in [-0.39, 0.29) is 0 Å². The molecule has 2 saturated heterocycles. The minimum atomic E-state index is 0.719. The number of anilines is 2. The molecule has 4 heterocycles. The Balaban J connectivity index is 1.72. The summed E-state index contributed by atoms with van der Waals surface area (Å²) >= 11 is 0. The third kappa shape index (κ3) is 3.71. The molecule has 2 aliphatic rings. The highest BCUT2D eigenvalue weighted by atomic mass is 15.4. The van der Waals surface area contributed by atoms with E-state index >= 15 is 0 Å². The molecule has 4 rings (SSSR count). The first-order valence-electron chi connectivity index (χ1n) is 9.19. The van der Waals surface area contributed by atoms with Crippen LogP contribution in [-0.4, -0.2) is 59.2 Å². The average Bonchev–Trinajstić information content (AvgIpc) is 2.69. The number of piperidine rings is 1. The average molecular weight is 339 g/mol. The van der Waals surface area contributed by atoms with Gasteiger partial charge in [-0.3, -0.25) is 4.98 Å². The number of rotatable bonds is 3. The Labute approximate surface area is 148 Å². The summed E-state index contributed by atoms with van der Waals surface area (Å²) in [5, 5.41) is 3.38. The monoisotopic (exact) mass is 339 g/mol. The molecule has 0 radical (unpaired) electrons. The van der Waals surface area contributed by atoms with Crippen molar-refractivity contribution in [3.63, 3.8) is 0 Å². The van der Waals surface area contributed by atoms with Crippen LogP contribution < -0.4 is 15.1 Å². The fourth-order valence-electron chi connectivity index (χ4n) is 3.32. The highest BCUT2D eigenvalue weighted by Gasteiger charge is 2.20. The van der Waals surface area contributed by atoms with E-state index in [1.54, 1.807) is 0 Å². The fourth-order valence-corrected chi connectivity index (χ4v) is 3.32. The van der Waals surface area contributed by atoms with E-state index in [1.807, 2.05) is 25.3 Å². The quantitative estimate of drug-likeness (QED) is 0.911. The molecule has 7 heteroatoms. The third-order valence-corrected chi connectivity index (χ3v) is 4.82. The zero-order valence-corrected chi connectivity index (χ0v) is 14.8. The van der Waals surface area contributed by atoms with Gasteiger partial charge in [-0.1, -0.05) is 0 Å². The van der Waals surface area contributed by atoms with Crippen molar-refractivity contribution >= 4 is 11.9 Å². The van der Waals surface area contributed by atoms with Gasteiger partial charge in [0.1, 0.15) is 0 Å². The first kappa shape index (κ1) is 16.2. The van der Waals surface area contributed by atoms with Crippen LogP contribution in [0.25, 0.3) is 11.4 Å². The first-order chi connectivity index (χ1) is 12.3. The van der Waals surface area contributed by atoms with Gasteiger partial charge in [-0.05, 0) is 38.3 Å². The second-order valence-corrected chi connectivity index (χ2v) is 6.73. The predicted molar refractivity (Wildman–Crippen MR) is 98.9 cm³/mol. The summed E-state index contributed by atoms with van der Waals surface area (Å²) in [5.41, 5.74) is 1.94. The van der Waals surface area contributed by atoms with Crippen molar-refractivity contribution < 1.29 is 0 Å². The van der Waals surface area contributed by atoms with Gasteiger partial charge in [0, 0.05) is 56.7 Å². The van der Waals surface area contributed by atoms with Gasteiger partial charge in [0.25, 0.3) is 0 Å². The standard InChI is InChI=1S/C18H25N7/c1-14-5-6-15(13-20-14)16-21-17(24-9-3-2-4-10-24)23-18(22-16)25-11-7-19-8-12-25/h5-6,13,19H,2-4,7-12H2,1H3. The lowest BCUT2D eigenvalue weighted by Crippen LogP contribution is -2.44. The minimum Gasteiger partial charge on any atom is -0.341 e. The van der Waals surface area contributed by atoms with E-state index in [4.69, 9.17) is 15.0 Å². The Morgan fingerprint density at radius 3 is 2.16 bits per heavy atom. The number of aromatic nitrogens is 4. The van der Waals surface area contributed by atoms with Gasteiger partial charge in [0.2, 0.25) is 11.9 Å². The maximum atomic E-state index is 4.81.